The van der Waals surface area contributed by atoms with Crippen LogP contribution in [0.5, 0.6) is 6.01 Å². The normalized spacial score (nSPS) is 11.8. The van der Waals surface area contributed by atoms with E-state index in [1.165, 1.54) is 6.07 Å². The van der Waals surface area contributed by atoms with E-state index in [1.807, 2.05) is 0 Å². The van der Waals surface area contributed by atoms with E-state index in [1.54, 1.807) is 0 Å². The quantitative estimate of drug-likeness (QED) is 0.860. The van der Waals surface area contributed by atoms with Crippen LogP contribution in [-0.4, -0.2) is 15.2 Å². The summed E-state index contributed by atoms with van der Waals surface area (Å²) in [6.07, 6.45) is -4.57. The molecule has 8 heteroatoms. The topological polar surface area (TPSA) is 59.2 Å². The number of alkyl halides is 3. The third-order valence-electron chi connectivity index (χ3n) is 1.93. The van der Waals surface area contributed by atoms with Gasteiger partial charge in [0.2, 0.25) is 0 Å². The second-order valence-corrected chi connectivity index (χ2v) is 3.50. The van der Waals surface area contributed by atoms with E-state index in [4.69, 9.17) is 16.7 Å². The van der Waals surface area contributed by atoms with Crippen LogP contribution in [0, 0.1) is 0 Å². The van der Waals surface area contributed by atoms with Gasteiger partial charge in [0.25, 0.3) is 5.89 Å². The van der Waals surface area contributed by atoms with Crippen molar-refractivity contribution < 1.29 is 22.8 Å². The van der Waals surface area contributed by atoms with Crippen LogP contribution in [0.15, 0.2) is 22.7 Å². The van der Waals surface area contributed by atoms with Crippen LogP contribution in [-0.2, 0) is 6.18 Å². The molecule has 0 atom stereocenters. The van der Waals surface area contributed by atoms with Gasteiger partial charge in [0.1, 0.15) is 0 Å². The summed E-state index contributed by atoms with van der Waals surface area (Å²) >= 11 is 5.44. The highest BCUT2D eigenvalue weighted by atomic mass is 35.5. The van der Waals surface area contributed by atoms with Crippen molar-refractivity contribution in [1.29, 1.82) is 0 Å². The monoisotopic (exact) mass is 264 g/mol. The van der Waals surface area contributed by atoms with Gasteiger partial charge in [-0.15, -0.1) is 0 Å². The molecule has 1 aromatic carbocycles. The first-order valence-electron chi connectivity index (χ1n) is 4.28. The molecule has 0 fully saturated rings. The molecule has 0 saturated carbocycles. The Hall–Kier alpha value is -1.76. The van der Waals surface area contributed by atoms with Gasteiger partial charge in [-0.2, -0.15) is 18.2 Å². The molecule has 1 aromatic heterocycles. The van der Waals surface area contributed by atoms with Crippen molar-refractivity contribution in [2.75, 3.05) is 0 Å². The van der Waals surface area contributed by atoms with Crippen molar-refractivity contribution >= 4 is 11.6 Å². The number of nitrogens with zero attached hydrogens (tertiary/aromatic N) is 2. The first-order valence-corrected chi connectivity index (χ1v) is 4.65. The van der Waals surface area contributed by atoms with Crippen molar-refractivity contribution in [3.05, 3.63) is 28.8 Å². The van der Waals surface area contributed by atoms with E-state index in [0.717, 1.165) is 12.1 Å². The summed E-state index contributed by atoms with van der Waals surface area (Å²) in [4.78, 5) is 3.40. The molecular formula is C9H4ClF3N2O2. The zero-order valence-electron chi connectivity index (χ0n) is 7.99. The predicted octanol–water partition coefficient (Wildman–Crippen LogP) is 3.11. The van der Waals surface area contributed by atoms with Crippen LogP contribution in [0.3, 0.4) is 0 Å². The van der Waals surface area contributed by atoms with Gasteiger partial charge >= 0.3 is 12.2 Å². The first kappa shape index (κ1) is 11.7. The summed E-state index contributed by atoms with van der Waals surface area (Å²) in [5, 5.41) is 11.5. The van der Waals surface area contributed by atoms with E-state index in [0.29, 0.717) is 0 Å². The minimum atomic E-state index is -4.57. The fourth-order valence-corrected chi connectivity index (χ4v) is 1.43. The Balaban J connectivity index is 2.51. The lowest BCUT2D eigenvalue weighted by Gasteiger charge is -2.09. The maximum atomic E-state index is 12.5. The Kier molecular flexibility index (Phi) is 2.70. The molecule has 2 aromatic rings. The minimum Gasteiger partial charge on any atom is -0.477 e. The molecule has 0 bridgehead atoms. The van der Waals surface area contributed by atoms with Crippen LogP contribution in [0.25, 0.3) is 11.5 Å². The molecule has 17 heavy (non-hydrogen) atoms. The lowest BCUT2D eigenvalue weighted by Crippen LogP contribution is -2.05. The maximum Gasteiger partial charge on any atom is 0.417 e. The van der Waals surface area contributed by atoms with Gasteiger partial charge in [-0.05, 0) is 23.4 Å². The van der Waals surface area contributed by atoms with Gasteiger partial charge in [-0.1, -0.05) is 11.6 Å². The molecule has 0 aliphatic carbocycles. The predicted molar refractivity (Wildman–Crippen MR) is 51.4 cm³/mol. The summed E-state index contributed by atoms with van der Waals surface area (Å²) in [6.45, 7) is 0. The fraction of sp³-hybridized carbons (Fsp3) is 0.111. The van der Waals surface area contributed by atoms with Gasteiger partial charge in [-0.3, -0.25) is 0 Å². The largest absolute Gasteiger partial charge is 0.477 e. The van der Waals surface area contributed by atoms with Crippen molar-refractivity contribution in [2.45, 2.75) is 6.18 Å². The molecule has 0 saturated heterocycles. The standard InChI is InChI=1S/C9H4ClF3N2O2/c10-6-2-1-4(3-5(6)9(11,12)13)7-14-8(16)15-17-7/h1-3H,(H,15,16). The average Bonchev–Trinajstić information content (AvgIpc) is 2.64. The molecule has 0 aliphatic heterocycles. The summed E-state index contributed by atoms with van der Waals surface area (Å²) in [7, 11) is 0. The van der Waals surface area contributed by atoms with E-state index < -0.39 is 22.8 Å². The van der Waals surface area contributed by atoms with Gasteiger partial charge in [-0.25, -0.2) is 0 Å². The molecule has 0 unspecified atom stereocenters. The first-order chi connectivity index (χ1) is 7.88. The number of rotatable bonds is 1. The maximum absolute atomic E-state index is 12.5. The highest BCUT2D eigenvalue weighted by Crippen LogP contribution is 2.36. The Morgan fingerprint density at radius 1 is 1.29 bits per heavy atom. The number of halogens is 4. The van der Waals surface area contributed by atoms with Crippen molar-refractivity contribution in [3.63, 3.8) is 0 Å². The van der Waals surface area contributed by atoms with Crippen molar-refractivity contribution in [2.24, 2.45) is 0 Å². The van der Waals surface area contributed by atoms with Crippen molar-refractivity contribution in [3.8, 4) is 17.5 Å². The van der Waals surface area contributed by atoms with Crippen LogP contribution in [0.2, 0.25) is 5.02 Å². The van der Waals surface area contributed by atoms with E-state index in [2.05, 4.69) is 14.7 Å². The molecule has 0 amide bonds. The molecule has 90 valence electrons. The molecular weight excluding hydrogens is 261 g/mol. The number of hydrogen-bond acceptors (Lipinski definition) is 4. The molecule has 1 N–H and O–H groups in total. The van der Waals surface area contributed by atoms with Crippen LogP contribution in [0.1, 0.15) is 5.56 Å². The zero-order valence-corrected chi connectivity index (χ0v) is 8.75. The Morgan fingerprint density at radius 2 is 2.00 bits per heavy atom. The number of hydrogen-bond donors (Lipinski definition) is 1. The summed E-state index contributed by atoms with van der Waals surface area (Å²) in [6, 6.07) is 2.48. The molecule has 0 spiro atoms. The van der Waals surface area contributed by atoms with Crippen LogP contribution in [0.4, 0.5) is 13.2 Å². The minimum absolute atomic E-state index is 0.0227. The zero-order chi connectivity index (χ0) is 12.6. The molecule has 0 aliphatic rings. The Labute approximate surface area is 97.6 Å². The SMILES string of the molecule is Oc1noc(-c2ccc(Cl)c(C(F)(F)F)c2)n1. The molecule has 4 nitrogen and oxygen atoms in total. The number of aromatic hydroxyl groups is 1. The smallest absolute Gasteiger partial charge is 0.417 e. The highest BCUT2D eigenvalue weighted by molar-refractivity contribution is 6.31. The summed E-state index contributed by atoms with van der Waals surface area (Å²) in [5.41, 5.74) is -0.983. The Bertz CT molecular complexity index is 553. The van der Waals surface area contributed by atoms with Crippen LogP contribution < -0.4 is 0 Å². The molecule has 1 heterocycles. The summed E-state index contributed by atoms with van der Waals surface area (Å²) in [5.74, 6) is -0.218. The van der Waals surface area contributed by atoms with E-state index in [9.17, 15) is 13.2 Å². The third-order valence-corrected chi connectivity index (χ3v) is 2.26. The van der Waals surface area contributed by atoms with Gasteiger partial charge in [0, 0.05) is 5.56 Å². The average molecular weight is 265 g/mol. The summed E-state index contributed by atoms with van der Waals surface area (Å²) < 4.78 is 42.2. The number of aromatic nitrogens is 2. The van der Waals surface area contributed by atoms with Crippen molar-refractivity contribution in [1.82, 2.24) is 10.1 Å². The van der Waals surface area contributed by atoms with Gasteiger partial charge in [0.05, 0.1) is 10.6 Å². The second-order valence-electron chi connectivity index (χ2n) is 3.09. The Morgan fingerprint density at radius 3 is 2.53 bits per heavy atom. The lowest BCUT2D eigenvalue weighted by atomic mass is 10.1. The molecule has 2 rings (SSSR count). The highest BCUT2D eigenvalue weighted by Gasteiger charge is 2.33. The van der Waals surface area contributed by atoms with E-state index in [-0.39, 0.29) is 11.5 Å². The van der Waals surface area contributed by atoms with Crippen LogP contribution >= 0.6 is 11.6 Å². The lowest BCUT2D eigenvalue weighted by molar-refractivity contribution is -0.137. The van der Waals surface area contributed by atoms with Gasteiger partial charge in [0.15, 0.2) is 0 Å². The second kappa shape index (κ2) is 3.92. The van der Waals surface area contributed by atoms with E-state index >= 15 is 0 Å². The third kappa shape index (κ3) is 2.33. The fourth-order valence-electron chi connectivity index (χ4n) is 1.21. The molecule has 0 radical (unpaired) electrons. The number of benzene rings is 1. The van der Waals surface area contributed by atoms with Gasteiger partial charge < -0.3 is 9.63 Å².